The van der Waals surface area contributed by atoms with Crippen molar-refractivity contribution in [1.29, 1.82) is 0 Å². The molecule has 3 N–H and O–H groups in total. The first-order chi connectivity index (χ1) is 8.82. The number of aliphatic hydroxyl groups is 1. The van der Waals surface area contributed by atoms with Gasteiger partial charge in [-0.1, -0.05) is 6.07 Å². The second-order valence-corrected chi connectivity index (χ2v) is 4.98. The van der Waals surface area contributed by atoms with Crippen molar-refractivity contribution in [2.24, 2.45) is 0 Å². The normalized spacial score (nSPS) is 11.8. The summed E-state index contributed by atoms with van der Waals surface area (Å²) in [5, 5.41) is 20.8. The lowest BCUT2D eigenvalue weighted by Crippen LogP contribution is -2.36. The van der Waals surface area contributed by atoms with Crippen LogP contribution in [-0.4, -0.2) is 46.8 Å². The molecule has 1 rings (SSSR count). The number of hydrogen-bond donors (Lipinski definition) is 3. The summed E-state index contributed by atoms with van der Waals surface area (Å²) in [7, 11) is 1.51. The van der Waals surface area contributed by atoms with E-state index < -0.39 is 18.1 Å². The molecule has 19 heavy (non-hydrogen) atoms. The zero-order valence-corrected chi connectivity index (χ0v) is 12.1. The van der Waals surface area contributed by atoms with Gasteiger partial charge >= 0.3 is 12.0 Å². The van der Waals surface area contributed by atoms with Crippen LogP contribution in [0, 0.1) is 0 Å². The highest BCUT2D eigenvalue weighted by Crippen LogP contribution is 2.26. The highest BCUT2D eigenvalue weighted by molar-refractivity contribution is 9.10. The zero-order chi connectivity index (χ0) is 14.6. The maximum Gasteiger partial charge on any atom is 0.337 e. The van der Waals surface area contributed by atoms with E-state index in [1.54, 1.807) is 19.1 Å². The van der Waals surface area contributed by atoms with Crippen LogP contribution in [-0.2, 0) is 0 Å². The lowest BCUT2D eigenvalue weighted by Gasteiger charge is -2.20. The van der Waals surface area contributed by atoms with Gasteiger partial charge in [0, 0.05) is 18.1 Å². The van der Waals surface area contributed by atoms with E-state index in [0.29, 0.717) is 4.47 Å². The molecule has 0 aromatic heterocycles. The van der Waals surface area contributed by atoms with Crippen molar-refractivity contribution in [1.82, 2.24) is 4.90 Å². The number of amides is 2. The van der Waals surface area contributed by atoms with Crippen molar-refractivity contribution in [2.75, 3.05) is 18.9 Å². The summed E-state index contributed by atoms with van der Waals surface area (Å²) in [5.41, 5.74) is 0.186. The molecule has 0 aliphatic heterocycles. The molecule has 104 valence electrons. The summed E-state index contributed by atoms with van der Waals surface area (Å²) in [6.45, 7) is 1.71. The topological polar surface area (TPSA) is 89.9 Å². The highest BCUT2D eigenvalue weighted by atomic mass is 79.9. The third-order valence-corrected chi connectivity index (χ3v) is 3.02. The molecule has 1 atom stereocenters. The monoisotopic (exact) mass is 330 g/mol. The van der Waals surface area contributed by atoms with Gasteiger partial charge in [-0.25, -0.2) is 9.59 Å². The number of carboxylic acids is 1. The van der Waals surface area contributed by atoms with Crippen LogP contribution in [0.2, 0.25) is 0 Å². The summed E-state index contributed by atoms with van der Waals surface area (Å²) < 4.78 is 0.478. The minimum Gasteiger partial charge on any atom is -0.478 e. The number of carbonyl (C=O) groups excluding carboxylic acids is 1. The van der Waals surface area contributed by atoms with Crippen molar-refractivity contribution in [2.45, 2.75) is 13.0 Å². The fourth-order valence-electron chi connectivity index (χ4n) is 1.51. The van der Waals surface area contributed by atoms with E-state index in [9.17, 15) is 14.7 Å². The van der Waals surface area contributed by atoms with E-state index in [1.807, 2.05) is 0 Å². The van der Waals surface area contributed by atoms with E-state index >= 15 is 0 Å². The van der Waals surface area contributed by atoms with Gasteiger partial charge < -0.3 is 20.4 Å². The number of benzene rings is 1. The first kappa shape index (κ1) is 15.5. The maximum atomic E-state index is 11.9. The van der Waals surface area contributed by atoms with Crippen molar-refractivity contribution >= 4 is 33.6 Å². The Morgan fingerprint density at radius 3 is 2.63 bits per heavy atom. The maximum absolute atomic E-state index is 11.9. The third kappa shape index (κ3) is 4.22. The molecule has 0 heterocycles. The van der Waals surface area contributed by atoms with Crippen molar-refractivity contribution < 1.29 is 19.8 Å². The fraction of sp³-hybridized carbons (Fsp3) is 0.333. The molecule has 0 aliphatic rings. The number of anilines is 1. The number of nitrogens with zero attached hydrogens (tertiary/aromatic N) is 1. The molecule has 7 heteroatoms. The molecule has 1 aromatic rings. The van der Waals surface area contributed by atoms with Crippen LogP contribution >= 0.6 is 15.9 Å². The van der Waals surface area contributed by atoms with Gasteiger partial charge in [0.15, 0.2) is 0 Å². The standard InChI is InChI=1S/C12H15BrN2O4/c1-7(16)6-15(2)12(19)14-10-8(11(17)18)4-3-5-9(10)13/h3-5,7,16H,6H2,1-2H3,(H,14,19)(H,17,18). The Hall–Kier alpha value is -1.60. The average molecular weight is 331 g/mol. The predicted octanol–water partition coefficient (Wildman–Crippen LogP) is 1.99. The molecule has 0 spiro atoms. The van der Waals surface area contributed by atoms with Gasteiger partial charge in [0.25, 0.3) is 0 Å². The van der Waals surface area contributed by atoms with E-state index in [-0.39, 0.29) is 17.8 Å². The van der Waals surface area contributed by atoms with Crippen LogP contribution in [0.25, 0.3) is 0 Å². The summed E-state index contributed by atoms with van der Waals surface area (Å²) in [5.74, 6) is -1.13. The highest BCUT2D eigenvalue weighted by Gasteiger charge is 2.17. The number of halogens is 1. The molecular weight excluding hydrogens is 316 g/mol. The quantitative estimate of drug-likeness (QED) is 0.787. The lowest BCUT2D eigenvalue weighted by molar-refractivity contribution is 0.0698. The molecule has 0 fully saturated rings. The Morgan fingerprint density at radius 2 is 2.11 bits per heavy atom. The molecule has 6 nitrogen and oxygen atoms in total. The Bertz CT molecular complexity index is 491. The SMILES string of the molecule is CC(O)CN(C)C(=O)Nc1c(Br)cccc1C(=O)O. The number of urea groups is 1. The minimum atomic E-state index is -1.13. The van der Waals surface area contributed by atoms with Crippen LogP contribution in [0.3, 0.4) is 0 Å². The van der Waals surface area contributed by atoms with Gasteiger partial charge in [0.05, 0.1) is 17.4 Å². The first-order valence-corrected chi connectivity index (χ1v) is 6.34. The Morgan fingerprint density at radius 1 is 1.47 bits per heavy atom. The second-order valence-electron chi connectivity index (χ2n) is 4.13. The smallest absolute Gasteiger partial charge is 0.337 e. The summed E-state index contributed by atoms with van der Waals surface area (Å²) in [6, 6.07) is 4.12. The van der Waals surface area contributed by atoms with Crippen LogP contribution in [0.15, 0.2) is 22.7 Å². The second kappa shape index (κ2) is 6.53. The van der Waals surface area contributed by atoms with Crippen LogP contribution < -0.4 is 5.32 Å². The van der Waals surface area contributed by atoms with Gasteiger partial charge in [-0.2, -0.15) is 0 Å². The number of nitrogens with one attached hydrogen (secondary N) is 1. The number of rotatable bonds is 4. The molecule has 0 bridgehead atoms. The Balaban J connectivity index is 2.93. The third-order valence-electron chi connectivity index (χ3n) is 2.36. The molecule has 0 saturated heterocycles. The summed E-state index contributed by atoms with van der Waals surface area (Å²) in [6.07, 6.45) is -0.658. The molecule has 1 aromatic carbocycles. The molecule has 0 saturated carbocycles. The predicted molar refractivity (Wildman–Crippen MR) is 74.4 cm³/mol. The number of carbonyl (C=O) groups is 2. The summed E-state index contributed by atoms with van der Waals surface area (Å²) in [4.78, 5) is 24.2. The molecule has 2 amide bonds. The average Bonchev–Trinajstić information content (AvgIpc) is 2.30. The van der Waals surface area contributed by atoms with E-state index in [1.165, 1.54) is 18.0 Å². The molecule has 0 radical (unpaired) electrons. The molecule has 1 unspecified atom stereocenters. The number of aromatic carboxylic acids is 1. The Kier molecular flexibility index (Phi) is 5.31. The minimum absolute atomic E-state index is 0.00632. The van der Waals surface area contributed by atoms with Gasteiger partial charge in [0.2, 0.25) is 0 Å². The van der Waals surface area contributed by atoms with Crippen molar-refractivity contribution in [3.63, 3.8) is 0 Å². The van der Waals surface area contributed by atoms with E-state index in [4.69, 9.17) is 5.11 Å². The van der Waals surface area contributed by atoms with E-state index in [0.717, 1.165) is 0 Å². The number of aliphatic hydroxyl groups excluding tert-OH is 1. The van der Waals surface area contributed by atoms with Crippen LogP contribution in [0.4, 0.5) is 10.5 Å². The Labute approximate surface area is 119 Å². The van der Waals surface area contributed by atoms with Crippen LogP contribution in [0.1, 0.15) is 17.3 Å². The molecular formula is C12H15BrN2O4. The fourth-order valence-corrected chi connectivity index (χ4v) is 1.98. The number of likely N-dealkylation sites (N-methyl/N-ethyl adjacent to an activating group) is 1. The number of para-hydroxylation sites is 1. The number of carboxylic acid groups (broad SMARTS) is 1. The lowest BCUT2D eigenvalue weighted by atomic mass is 10.2. The largest absolute Gasteiger partial charge is 0.478 e. The van der Waals surface area contributed by atoms with Gasteiger partial charge in [0.1, 0.15) is 0 Å². The summed E-state index contributed by atoms with van der Waals surface area (Å²) >= 11 is 3.20. The zero-order valence-electron chi connectivity index (χ0n) is 10.6. The molecule has 0 aliphatic carbocycles. The van der Waals surface area contributed by atoms with Gasteiger partial charge in [-0.05, 0) is 35.0 Å². The van der Waals surface area contributed by atoms with Gasteiger partial charge in [-0.15, -0.1) is 0 Å². The van der Waals surface area contributed by atoms with Gasteiger partial charge in [-0.3, -0.25) is 0 Å². The van der Waals surface area contributed by atoms with E-state index in [2.05, 4.69) is 21.2 Å². The van der Waals surface area contributed by atoms with Crippen molar-refractivity contribution in [3.05, 3.63) is 28.2 Å². The first-order valence-electron chi connectivity index (χ1n) is 5.55. The van der Waals surface area contributed by atoms with Crippen LogP contribution in [0.5, 0.6) is 0 Å². The van der Waals surface area contributed by atoms with Crippen molar-refractivity contribution in [3.8, 4) is 0 Å². The number of hydrogen-bond acceptors (Lipinski definition) is 3.